The molecule has 5 rings (SSSR count). The van der Waals surface area contributed by atoms with Gasteiger partial charge in [0.05, 0.1) is 27.5 Å². The molecule has 0 aliphatic carbocycles. The SMILES string of the molecule is Cc1noc(N(CNc2[nH]ncc2Br)S(=O)(=O)c2ccccc2-c2ccc(-c3ncco3)cc2)c1C. The van der Waals surface area contributed by atoms with E-state index in [2.05, 4.69) is 41.6 Å². The highest BCUT2D eigenvalue weighted by Gasteiger charge is 2.32. The molecule has 0 aliphatic heterocycles. The van der Waals surface area contributed by atoms with E-state index in [1.807, 2.05) is 24.3 Å². The first-order valence-electron chi connectivity index (χ1n) is 10.8. The lowest BCUT2D eigenvalue weighted by molar-refractivity contribution is 0.420. The van der Waals surface area contributed by atoms with Crippen LogP contribution in [0.15, 0.2) is 85.5 Å². The number of hydrogen-bond acceptors (Lipinski definition) is 8. The molecule has 12 heteroatoms. The van der Waals surface area contributed by atoms with Gasteiger partial charge in [-0.05, 0) is 53.5 Å². The van der Waals surface area contributed by atoms with Crippen molar-refractivity contribution >= 4 is 37.7 Å². The summed E-state index contributed by atoms with van der Waals surface area (Å²) in [5.41, 5.74) is 3.27. The molecule has 0 unspecified atom stereocenters. The number of nitrogens with zero attached hydrogens (tertiary/aromatic N) is 4. The van der Waals surface area contributed by atoms with Crippen LogP contribution in [0.4, 0.5) is 11.7 Å². The van der Waals surface area contributed by atoms with E-state index in [1.165, 1.54) is 6.26 Å². The first-order valence-corrected chi connectivity index (χ1v) is 13.1. The van der Waals surface area contributed by atoms with Crippen molar-refractivity contribution in [2.45, 2.75) is 18.7 Å². The molecule has 0 saturated carbocycles. The number of sulfonamides is 1. The van der Waals surface area contributed by atoms with Crippen LogP contribution in [0.3, 0.4) is 0 Å². The van der Waals surface area contributed by atoms with E-state index < -0.39 is 10.0 Å². The molecule has 0 fully saturated rings. The number of aromatic amines is 1. The Morgan fingerprint density at radius 3 is 2.47 bits per heavy atom. The molecule has 36 heavy (non-hydrogen) atoms. The van der Waals surface area contributed by atoms with Gasteiger partial charge in [-0.1, -0.05) is 35.5 Å². The molecule has 184 valence electrons. The highest BCUT2D eigenvalue weighted by molar-refractivity contribution is 9.10. The van der Waals surface area contributed by atoms with Crippen molar-refractivity contribution in [1.82, 2.24) is 20.3 Å². The molecule has 0 radical (unpaired) electrons. The summed E-state index contributed by atoms with van der Waals surface area (Å²) in [5, 5.41) is 13.8. The van der Waals surface area contributed by atoms with Gasteiger partial charge in [-0.3, -0.25) is 5.10 Å². The zero-order chi connectivity index (χ0) is 25.3. The zero-order valence-electron chi connectivity index (χ0n) is 19.3. The summed E-state index contributed by atoms with van der Waals surface area (Å²) in [5.74, 6) is 1.14. The Labute approximate surface area is 215 Å². The normalized spacial score (nSPS) is 11.5. The minimum Gasteiger partial charge on any atom is -0.445 e. The maximum absolute atomic E-state index is 14.1. The Morgan fingerprint density at radius 1 is 1.08 bits per heavy atom. The maximum atomic E-state index is 14.1. The highest BCUT2D eigenvalue weighted by atomic mass is 79.9. The molecule has 2 N–H and O–H groups in total. The molecule has 5 aromatic rings. The van der Waals surface area contributed by atoms with Crippen LogP contribution in [-0.4, -0.2) is 35.4 Å². The van der Waals surface area contributed by atoms with Gasteiger partial charge in [0, 0.05) is 16.7 Å². The zero-order valence-corrected chi connectivity index (χ0v) is 21.7. The lowest BCUT2D eigenvalue weighted by atomic mass is 10.0. The third-order valence-electron chi connectivity index (χ3n) is 5.68. The maximum Gasteiger partial charge on any atom is 0.268 e. The Kier molecular flexibility index (Phi) is 6.37. The molecule has 0 atom stereocenters. The Morgan fingerprint density at radius 2 is 1.83 bits per heavy atom. The molecule has 10 nitrogen and oxygen atoms in total. The predicted molar refractivity (Wildman–Crippen MR) is 138 cm³/mol. The van der Waals surface area contributed by atoms with Crippen LogP contribution < -0.4 is 9.62 Å². The van der Waals surface area contributed by atoms with E-state index >= 15 is 0 Å². The standard InChI is InChI=1S/C24H21BrN6O4S/c1-15-16(2)30-35-24(15)31(14-27-22-20(25)13-28-29-22)36(32,33)21-6-4-3-5-19(21)17-7-9-18(10-8-17)23-26-11-12-34-23/h3-13H,14H2,1-2H3,(H2,27,28,29). The molecule has 0 saturated heterocycles. The molecule has 0 bridgehead atoms. The second-order valence-electron chi connectivity index (χ2n) is 7.89. The summed E-state index contributed by atoms with van der Waals surface area (Å²) in [6.07, 6.45) is 4.65. The van der Waals surface area contributed by atoms with Gasteiger partial charge in [0.25, 0.3) is 10.0 Å². The highest BCUT2D eigenvalue weighted by Crippen LogP contribution is 2.34. The number of halogens is 1. The van der Waals surface area contributed by atoms with E-state index in [1.54, 1.807) is 50.5 Å². The molecule has 0 amide bonds. The summed E-state index contributed by atoms with van der Waals surface area (Å²) in [6, 6.07) is 14.2. The van der Waals surface area contributed by atoms with Crippen LogP contribution in [0.5, 0.6) is 0 Å². The summed E-state index contributed by atoms with van der Waals surface area (Å²) in [4.78, 5) is 4.28. The van der Waals surface area contributed by atoms with Crippen molar-refractivity contribution in [3.63, 3.8) is 0 Å². The molecule has 2 aromatic carbocycles. The largest absolute Gasteiger partial charge is 0.445 e. The molecule has 3 aromatic heterocycles. The number of anilines is 2. The first-order chi connectivity index (χ1) is 17.4. The van der Waals surface area contributed by atoms with E-state index in [-0.39, 0.29) is 17.4 Å². The third kappa shape index (κ3) is 4.40. The average Bonchev–Trinajstić information content (AvgIpc) is 3.64. The Hall–Kier alpha value is -3.90. The summed E-state index contributed by atoms with van der Waals surface area (Å²) < 4.78 is 40.9. The summed E-state index contributed by atoms with van der Waals surface area (Å²) >= 11 is 3.38. The van der Waals surface area contributed by atoms with E-state index in [4.69, 9.17) is 8.94 Å². The van der Waals surface area contributed by atoms with Gasteiger partial charge in [0.15, 0.2) is 0 Å². The van der Waals surface area contributed by atoms with Gasteiger partial charge in [-0.2, -0.15) is 5.10 Å². The Balaban J connectivity index is 1.56. The Bertz CT molecular complexity index is 1590. The second kappa shape index (κ2) is 9.63. The molecular formula is C24H21BrN6O4S. The van der Waals surface area contributed by atoms with E-state index in [0.29, 0.717) is 33.0 Å². The molecular weight excluding hydrogens is 548 g/mol. The number of oxazole rings is 1. The fourth-order valence-corrected chi connectivity index (χ4v) is 5.56. The molecule has 0 spiro atoms. The fourth-order valence-electron chi connectivity index (χ4n) is 3.66. The fraction of sp³-hybridized carbons (Fsp3) is 0.125. The molecule has 3 heterocycles. The van der Waals surface area contributed by atoms with Crippen molar-refractivity contribution in [2.24, 2.45) is 0 Å². The van der Waals surface area contributed by atoms with Gasteiger partial charge in [-0.15, -0.1) is 0 Å². The van der Waals surface area contributed by atoms with Crippen LogP contribution >= 0.6 is 15.9 Å². The van der Waals surface area contributed by atoms with E-state index in [0.717, 1.165) is 15.4 Å². The first kappa shape index (κ1) is 23.8. The molecule has 0 aliphatic rings. The van der Waals surface area contributed by atoms with Gasteiger partial charge in [-0.25, -0.2) is 17.7 Å². The van der Waals surface area contributed by atoms with Crippen LogP contribution in [0.2, 0.25) is 0 Å². The summed E-state index contributed by atoms with van der Waals surface area (Å²) in [6.45, 7) is 3.40. The number of aromatic nitrogens is 4. The number of rotatable bonds is 8. The number of H-pyrrole nitrogens is 1. The second-order valence-corrected chi connectivity index (χ2v) is 10.6. The number of benzene rings is 2. The minimum atomic E-state index is -4.10. The van der Waals surface area contributed by atoms with Crippen molar-refractivity contribution in [1.29, 1.82) is 0 Å². The number of hydrogen-bond donors (Lipinski definition) is 2. The van der Waals surface area contributed by atoms with Gasteiger partial charge in [0.1, 0.15) is 18.7 Å². The van der Waals surface area contributed by atoms with Crippen molar-refractivity contribution in [2.75, 3.05) is 16.3 Å². The van der Waals surface area contributed by atoms with Crippen LogP contribution in [0, 0.1) is 13.8 Å². The summed E-state index contributed by atoms with van der Waals surface area (Å²) in [7, 11) is -4.10. The van der Waals surface area contributed by atoms with Crippen molar-refractivity contribution in [3.8, 4) is 22.6 Å². The lowest BCUT2D eigenvalue weighted by Gasteiger charge is -2.24. The smallest absolute Gasteiger partial charge is 0.268 e. The van der Waals surface area contributed by atoms with Gasteiger partial charge < -0.3 is 14.3 Å². The van der Waals surface area contributed by atoms with Gasteiger partial charge in [0.2, 0.25) is 11.8 Å². The topological polar surface area (TPSA) is 130 Å². The van der Waals surface area contributed by atoms with Crippen LogP contribution in [0.25, 0.3) is 22.6 Å². The number of nitrogens with one attached hydrogen (secondary N) is 2. The number of aryl methyl sites for hydroxylation is 1. The van der Waals surface area contributed by atoms with E-state index in [9.17, 15) is 8.42 Å². The quantitative estimate of drug-likeness (QED) is 0.239. The monoisotopic (exact) mass is 568 g/mol. The van der Waals surface area contributed by atoms with Crippen molar-refractivity contribution in [3.05, 3.63) is 82.9 Å². The van der Waals surface area contributed by atoms with Crippen molar-refractivity contribution < 1.29 is 17.4 Å². The predicted octanol–water partition coefficient (Wildman–Crippen LogP) is 5.36. The lowest BCUT2D eigenvalue weighted by Crippen LogP contribution is -2.36. The van der Waals surface area contributed by atoms with Crippen LogP contribution in [-0.2, 0) is 10.0 Å². The van der Waals surface area contributed by atoms with Crippen LogP contribution in [0.1, 0.15) is 11.3 Å². The van der Waals surface area contributed by atoms with Gasteiger partial charge >= 0.3 is 0 Å². The minimum absolute atomic E-state index is 0.118. The average molecular weight is 569 g/mol. The third-order valence-corrected chi connectivity index (χ3v) is 8.07.